The molecule has 0 saturated carbocycles. The fourth-order valence-corrected chi connectivity index (χ4v) is 3.98. The number of aryl methyl sites for hydroxylation is 2. The Morgan fingerprint density at radius 2 is 1.70 bits per heavy atom. The fraction of sp³-hybridized carbons (Fsp3) is 0.136. The second kappa shape index (κ2) is 9.19. The molecule has 0 unspecified atom stereocenters. The van der Waals surface area contributed by atoms with Gasteiger partial charge in [-0.3, -0.25) is 9.52 Å². The number of anilines is 2. The summed E-state index contributed by atoms with van der Waals surface area (Å²) in [6.07, 6.45) is 0. The van der Waals surface area contributed by atoms with Crippen LogP contribution < -0.4 is 14.8 Å². The van der Waals surface area contributed by atoms with Gasteiger partial charge in [0.25, 0.3) is 15.9 Å². The summed E-state index contributed by atoms with van der Waals surface area (Å²) in [5, 5.41) is 3.07. The molecule has 0 aliphatic heterocycles. The van der Waals surface area contributed by atoms with Crippen molar-refractivity contribution in [2.45, 2.75) is 18.7 Å². The summed E-state index contributed by atoms with van der Waals surface area (Å²) in [7, 11) is -3.75. The Hall–Kier alpha value is -3.03. The van der Waals surface area contributed by atoms with E-state index < -0.39 is 10.0 Å². The van der Waals surface area contributed by atoms with Crippen molar-refractivity contribution in [3.63, 3.8) is 0 Å². The molecule has 8 heteroatoms. The lowest BCUT2D eigenvalue weighted by atomic mass is 10.1. The van der Waals surface area contributed by atoms with E-state index in [0.717, 1.165) is 11.1 Å². The van der Waals surface area contributed by atoms with Crippen LogP contribution in [0.3, 0.4) is 0 Å². The largest absolute Gasteiger partial charge is 0.482 e. The van der Waals surface area contributed by atoms with Crippen LogP contribution in [-0.4, -0.2) is 20.9 Å². The maximum Gasteiger partial charge on any atom is 0.262 e. The van der Waals surface area contributed by atoms with Gasteiger partial charge in [-0.1, -0.05) is 35.9 Å². The van der Waals surface area contributed by atoms with E-state index in [0.29, 0.717) is 22.1 Å². The lowest BCUT2D eigenvalue weighted by Gasteiger charge is -2.12. The highest BCUT2D eigenvalue weighted by atomic mass is 35.5. The van der Waals surface area contributed by atoms with Gasteiger partial charge in [-0.2, -0.15) is 0 Å². The highest BCUT2D eigenvalue weighted by Gasteiger charge is 2.16. The van der Waals surface area contributed by atoms with Gasteiger partial charge < -0.3 is 10.1 Å². The summed E-state index contributed by atoms with van der Waals surface area (Å²) >= 11 is 5.98. The second-order valence-corrected chi connectivity index (χ2v) is 8.81. The second-order valence-electron chi connectivity index (χ2n) is 6.72. The number of carbonyl (C=O) groups is 1. The Morgan fingerprint density at radius 3 is 2.40 bits per heavy atom. The monoisotopic (exact) mass is 444 g/mol. The molecule has 3 aromatic rings. The van der Waals surface area contributed by atoms with Gasteiger partial charge in [0.15, 0.2) is 6.61 Å². The van der Waals surface area contributed by atoms with Crippen LogP contribution >= 0.6 is 11.6 Å². The zero-order valence-electron chi connectivity index (χ0n) is 16.5. The molecular weight excluding hydrogens is 424 g/mol. The van der Waals surface area contributed by atoms with Crippen LogP contribution in [0.4, 0.5) is 11.4 Å². The summed E-state index contributed by atoms with van der Waals surface area (Å²) in [4.78, 5) is 12.2. The van der Waals surface area contributed by atoms with Crippen LogP contribution in [0.2, 0.25) is 5.02 Å². The maximum absolute atomic E-state index is 12.7. The molecule has 3 aromatic carbocycles. The molecule has 0 aliphatic carbocycles. The molecule has 0 bridgehead atoms. The fourth-order valence-electron chi connectivity index (χ4n) is 2.67. The quantitative estimate of drug-likeness (QED) is 0.549. The van der Waals surface area contributed by atoms with Crippen molar-refractivity contribution < 1.29 is 17.9 Å². The number of ether oxygens (including phenoxy) is 1. The predicted octanol–water partition coefficient (Wildman–Crippen LogP) is 4.78. The number of amides is 1. The van der Waals surface area contributed by atoms with Gasteiger partial charge in [0.05, 0.1) is 15.6 Å². The van der Waals surface area contributed by atoms with Gasteiger partial charge in [-0.15, -0.1) is 0 Å². The number of nitrogens with one attached hydrogen (secondary N) is 2. The summed E-state index contributed by atoms with van der Waals surface area (Å²) in [5.41, 5.74) is 2.76. The first kappa shape index (κ1) is 21.7. The summed E-state index contributed by atoms with van der Waals surface area (Å²) < 4.78 is 33.3. The van der Waals surface area contributed by atoms with Crippen molar-refractivity contribution in [3.05, 3.63) is 82.9 Å². The van der Waals surface area contributed by atoms with Gasteiger partial charge in [0, 0.05) is 5.69 Å². The Balaban J connectivity index is 1.63. The number of hydrogen-bond donors (Lipinski definition) is 2. The molecule has 0 spiro atoms. The Morgan fingerprint density at radius 1 is 1.00 bits per heavy atom. The van der Waals surface area contributed by atoms with Gasteiger partial charge in [-0.05, 0) is 67.4 Å². The Kier molecular flexibility index (Phi) is 6.64. The molecule has 0 saturated heterocycles. The Bertz CT molecular complexity index is 1160. The van der Waals surface area contributed by atoms with E-state index in [1.807, 2.05) is 26.0 Å². The van der Waals surface area contributed by atoms with Gasteiger partial charge >= 0.3 is 0 Å². The van der Waals surface area contributed by atoms with E-state index in [9.17, 15) is 13.2 Å². The maximum atomic E-state index is 12.7. The van der Waals surface area contributed by atoms with Crippen LogP contribution in [0, 0.1) is 13.8 Å². The summed E-state index contributed by atoms with van der Waals surface area (Å²) in [6.45, 7) is 3.50. The van der Waals surface area contributed by atoms with E-state index in [-0.39, 0.29) is 17.4 Å². The smallest absolute Gasteiger partial charge is 0.262 e. The first-order valence-corrected chi connectivity index (χ1v) is 11.0. The number of para-hydroxylation sites is 1. The number of benzene rings is 3. The van der Waals surface area contributed by atoms with E-state index in [4.69, 9.17) is 16.3 Å². The zero-order valence-corrected chi connectivity index (χ0v) is 18.0. The van der Waals surface area contributed by atoms with Crippen molar-refractivity contribution in [2.75, 3.05) is 16.6 Å². The van der Waals surface area contributed by atoms with Crippen molar-refractivity contribution in [1.29, 1.82) is 0 Å². The number of halogens is 1. The molecule has 3 rings (SSSR count). The minimum absolute atomic E-state index is 0.0914. The molecule has 0 radical (unpaired) electrons. The molecule has 0 aliphatic rings. The van der Waals surface area contributed by atoms with Crippen LogP contribution in [-0.2, 0) is 14.8 Å². The lowest BCUT2D eigenvalue weighted by molar-refractivity contribution is -0.118. The lowest BCUT2D eigenvalue weighted by Crippen LogP contribution is -2.20. The molecule has 6 nitrogen and oxygen atoms in total. The third-order valence-electron chi connectivity index (χ3n) is 4.28. The molecular formula is C22H21ClN2O4S. The SMILES string of the molecule is Cc1ccc(C)c(NS(=O)(=O)c2ccc(NC(=O)COc3ccccc3Cl)cc2)c1. The standard InChI is InChI=1S/C22H21ClN2O4S/c1-15-7-8-16(2)20(13-15)25-30(27,28)18-11-9-17(10-12-18)24-22(26)14-29-21-6-4-3-5-19(21)23/h3-13,25H,14H2,1-2H3,(H,24,26). The highest BCUT2D eigenvalue weighted by molar-refractivity contribution is 7.92. The summed E-state index contributed by atoms with van der Waals surface area (Å²) in [5.74, 6) is 0.0207. The number of hydrogen-bond acceptors (Lipinski definition) is 4. The van der Waals surface area contributed by atoms with E-state index in [1.165, 1.54) is 24.3 Å². The van der Waals surface area contributed by atoms with Crippen molar-refractivity contribution >= 4 is 38.9 Å². The van der Waals surface area contributed by atoms with E-state index in [1.54, 1.807) is 30.3 Å². The van der Waals surface area contributed by atoms with Gasteiger partial charge in [0.1, 0.15) is 5.75 Å². The average molecular weight is 445 g/mol. The average Bonchev–Trinajstić information content (AvgIpc) is 2.70. The molecule has 0 heterocycles. The van der Waals surface area contributed by atoms with E-state index >= 15 is 0 Å². The molecule has 0 aromatic heterocycles. The van der Waals surface area contributed by atoms with Crippen molar-refractivity contribution in [3.8, 4) is 5.75 Å². The predicted molar refractivity (Wildman–Crippen MR) is 119 cm³/mol. The van der Waals surface area contributed by atoms with Crippen LogP contribution in [0.15, 0.2) is 71.6 Å². The van der Waals surface area contributed by atoms with Crippen LogP contribution in [0.5, 0.6) is 5.75 Å². The normalized spacial score (nSPS) is 11.0. The Labute approximate surface area is 180 Å². The molecule has 0 fully saturated rings. The van der Waals surface area contributed by atoms with Gasteiger partial charge in [0.2, 0.25) is 0 Å². The molecule has 156 valence electrons. The van der Waals surface area contributed by atoms with Crippen LogP contribution in [0.25, 0.3) is 0 Å². The van der Waals surface area contributed by atoms with E-state index in [2.05, 4.69) is 10.0 Å². The molecule has 2 N–H and O–H groups in total. The molecule has 1 amide bonds. The van der Waals surface area contributed by atoms with Crippen LogP contribution in [0.1, 0.15) is 11.1 Å². The number of sulfonamides is 1. The highest BCUT2D eigenvalue weighted by Crippen LogP contribution is 2.24. The number of carbonyl (C=O) groups excluding carboxylic acids is 1. The van der Waals surface area contributed by atoms with Crippen molar-refractivity contribution in [2.24, 2.45) is 0 Å². The van der Waals surface area contributed by atoms with Crippen molar-refractivity contribution in [1.82, 2.24) is 0 Å². The molecule has 0 atom stereocenters. The molecule has 30 heavy (non-hydrogen) atoms. The zero-order chi connectivity index (χ0) is 21.7. The first-order valence-electron chi connectivity index (χ1n) is 9.12. The minimum atomic E-state index is -3.75. The summed E-state index contributed by atoms with van der Waals surface area (Å²) in [6, 6.07) is 18.3. The third-order valence-corrected chi connectivity index (χ3v) is 5.97. The van der Waals surface area contributed by atoms with Gasteiger partial charge in [-0.25, -0.2) is 8.42 Å². The first-order chi connectivity index (χ1) is 14.2. The third kappa shape index (κ3) is 5.52. The number of rotatable bonds is 7. The minimum Gasteiger partial charge on any atom is -0.482 e. The topological polar surface area (TPSA) is 84.5 Å².